The van der Waals surface area contributed by atoms with Gasteiger partial charge >= 0.3 is 0 Å². The second kappa shape index (κ2) is 5.66. The molecule has 2 N–H and O–H groups in total. The van der Waals surface area contributed by atoms with Crippen LogP contribution in [0.1, 0.15) is 11.9 Å². The molecule has 0 radical (unpaired) electrons. The lowest BCUT2D eigenvalue weighted by Crippen LogP contribution is -2.42. The second-order valence-corrected chi connectivity index (χ2v) is 8.05. The van der Waals surface area contributed by atoms with Crippen molar-refractivity contribution in [2.45, 2.75) is 23.7 Å². The minimum Gasteiger partial charge on any atom is -0.388 e. The van der Waals surface area contributed by atoms with Crippen LogP contribution in [0, 0.1) is 6.92 Å². The highest BCUT2D eigenvalue weighted by molar-refractivity contribution is 7.98. The molecule has 0 aromatic carbocycles. The van der Waals surface area contributed by atoms with Crippen molar-refractivity contribution in [1.82, 2.24) is 9.71 Å². The molecule has 8 heteroatoms. The lowest BCUT2D eigenvalue weighted by molar-refractivity contribution is 0.0909. The molecule has 0 aliphatic rings. The van der Waals surface area contributed by atoms with Gasteiger partial charge in [-0.25, -0.2) is 18.1 Å². The van der Waals surface area contributed by atoms with Gasteiger partial charge in [-0.2, -0.15) is 11.8 Å². The summed E-state index contributed by atoms with van der Waals surface area (Å²) in [5, 5.41) is 10.6. The van der Waals surface area contributed by atoms with E-state index < -0.39 is 15.6 Å². The van der Waals surface area contributed by atoms with E-state index >= 15 is 0 Å². The van der Waals surface area contributed by atoms with Crippen molar-refractivity contribution in [3.05, 3.63) is 11.2 Å². The Balaban J connectivity index is 2.69. The number of thioether (sulfide) groups is 1. The molecule has 1 rings (SSSR count). The Morgan fingerprint density at radius 3 is 2.76 bits per heavy atom. The van der Waals surface area contributed by atoms with E-state index in [9.17, 15) is 13.5 Å². The summed E-state index contributed by atoms with van der Waals surface area (Å²) in [6.45, 7) is 3.34. The number of nitrogens with zero attached hydrogens (tertiary/aromatic N) is 1. The maximum absolute atomic E-state index is 11.8. The van der Waals surface area contributed by atoms with E-state index in [2.05, 4.69) is 9.71 Å². The number of hydrogen-bond acceptors (Lipinski definition) is 6. The first-order valence-corrected chi connectivity index (χ1v) is 8.60. The predicted molar refractivity (Wildman–Crippen MR) is 71.0 cm³/mol. The predicted octanol–water partition coefficient (Wildman–Crippen LogP) is 0.844. The van der Waals surface area contributed by atoms with Gasteiger partial charge in [0, 0.05) is 12.3 Å². The van der Waals surface area contributed by atoms with Crippen molar-refractivity contribution in [1.29, 1.82) is 0 Å². The molecule has 98 valence electrons. The van der Waals surface area contributed by atoms with Crippen LogP contribution in [0.15, 0.2) is 10.4 Å². The molecule has 1 unspecified atom stereocenters. The zero-order valence-electron chi connectivity index (χ0n) is 9.93. The van der Waals surface area contributed by atoms with Gasteiger partial charge in [0.25, 0.3) is 10.0 Å². The minimum atomic E-state index is -3.55. The van der Waals surface area contributed by atoms with Gasteiger partial charge in [0.15, 0.2) is 4.21 Å². The van der Waals surface area contributed by atoms with E-state index in [1.54, 1.807) is 13.8 Å². The molecule has 0 saturated heterocycles. The van der Waals surface area contributed by atoms with Crippen LogP contribution in [0.5, 0.6) is 0 Å². The number of aromatic nitrogens is 1. The summed E-state index contributed by atoms with van der Waals surface area (Å²) in [7, 11) is -3.55. The van der Waals surface area contributed by atoms with Gasteiger partial charge in [-0.3, -0.25) is 0 Å². The van der Waals surface area contributed by atoms with Crippen molar-refractivity contribution in [3.8, 4) is 0 Å². The van der Waals surface area contributed by atoms with Crippen LogP contribution < -0.4 is 4.72 Å². The van der Waals surface area contributed by atoms with Gasteiger partial charge < -0.3 is 5.11 Å². The van der Waals surface area contributed by atoms with Crippen LogP contribution in [0.25, 0.3) is 0 Å². The van der Waals surface area contributed by atoms with Crippen LogP contribution in [0.3, 0.4) is 0 Å². The van der Waals surface area contributed by atoms with Crippen molar-refractivity contribution >= 4 is 33.1 Å². The molecular weight excluding hydrogens is 280 g/mol. The third-order valence-corrected chi connectivity index (χ3v) is 5.65. The Bertz CT molecular complexity index is 468. The number of thiazole rings is 1. The molecule has 5 nitrogen and oxygen atoms in total. The molecule has 1 atom stereocenters. The molecule has 1 heterocycles. The molecule has 0 saturated carbocycles. The topological polar surface area (TPSA) is 79.3 Å². The third kappa shape index (κ3) is 4.55. The zero-order chi connectivity index (χ0) is 13.1. The number of rotatable bonds is 6. The van der Waals surface area contributed by atoms with Crippen LogP contribution in [-0.4, -0.2) is 42.7 Å². The summed E-state index contributed by atoms with van der Waals surface area (Å²) in [6, 6.07) is 0. The molecule has 0 bridgehead atoms. The first-order valence-electron chi connectivity index (χ1n) is 4.90. The Kier molecular flexibility index (Phi) is 4.96. The number of aliphatic hydroxyl groups is 1. The highest BCUT2D eigenvalue weighted by Gasteiger charge is 2.24. The number of sulfonamides is 1. The maximum atomic E-state index is 11.8. The second-order valence-electron chi connectivity index (χ2n) is 3.95. The van der Waals surface area contributed by atoms with Crippen LogP contribution in [0.4, 0.5) is 0 Å². The molecule has 17 heavy (non-hydrogen) atoms. The normalized spacial score (nSPS) is 15.8. The molecule has 1 aromatic heterocycles. The van der Waals surface area contributed by atoms with E-state index in [0.717, 1.165) is 11.3 Å². The SMILES string of the molecule is CSCC(C)(O)CNS(=O)(=O)c1cnc(C)s1. The number of aryl methyl sites for hydroxylation is 1. The van der Waals surface area contributed by atoms with Gasteiger partial charge in [-0.05, 0) is 20.1 Å². The lowest BCUT2D eigenvalue weighted by atomic mass is 10.1. The van der Waals surface area contributed by atoms with E-state index in [4.69, 9.17) is 0 Å². The Labute approximate surface area is 110 Å². The van der Waals surface area contributed by atoms with Crippen LogP contribution in [0.2, 0.25) is 0 Å². The quantitative estimate of drug-likeness (QED) is 0.813. The summed E-state index contributed by atoms with van der Waals surface area (Å²) in [4.78, 5) is 3.90. The maximum Gasteiger partial charge on any atom is 0.251 e. The first-order chi connectivity index (χ1) is 7.77. The van der Waals surface area contributed by atoms with Gasteiger partial charge in [0.05, 0.1) is 16.8 Å². The van der Waals surface area contributed by atoms with E-state index in [1.807, 2.05) is 6.26 Å². The van der Waals surface area contributed by atoms with Crippen LogP contribution >= 0.6 is 23.1 Å². The van der Waals surface area contributed by atoms with Gasteiger partial charge in [-0.15, -0.1) is 11.3 Å². The van der Waals surface area contributed by atoms with Crippen molar-refractivity contribution in [3.63, 3.8) is 0 Å². The van der Waals surface area contributed by atoms with Crippen molar-refractivity contribution in [2.24, 2.45) is 0 Å². The summed E-state index contributed by atoms with van der Waals surface area (Å²) in [5.41, 5.74) is -1.05. The number of hydrogen-bond donors (Lipinski definition) is 2. The molecule has 0 aliphatic heterocycles. The van der Waals surface area contributed by atoms with Gasteiger partial charge in [0.1, 0.15) is 0 Å². The van der Waals surface area contributed by atoms with Crippen LogP contribution in [-0.2, 0) is 10.0 Å². The minimum absolute atomic E-state index is 0.00682. The Morgan fingerprint density at radius 2 is 2.29 bits per heavy atom. The highest BCUT2D eigenvalue weighted by Crippen LogP contribution is 2.18. The fourth-order valence-electron chi connectivity index (χ4n) is 1.15. The standard InChI is InChI=1S/C9H16N2O3S3/c1-7-10-4-8(16-7)17(13,14)11-5-9(2,12)6-15-3/h4,11-12H,5-6H2,1-3H3. The fourth-order valence-corrected chi connectivity index (χ4v) is 4.19. The summed E-state index contributed by atoms with van der Waals surface area (Å²) < 4.78 is 26.2. The first kappa shape index (κ1) is 14.9. The van der Waals surface area contributed by atoms with Gasteiger partial charge in [-0.1, -0.05) is 0 Å². The summed E-state index contributed by atoms with van der Waals surface area (Å²) in [6.07, 6.45) is 3.18. The zero-order valence-corrected chi connectivity index (χ0v) is 12.4. The molecule has 0 amide bonds. The fraction of sp³-hybridized carbons (Fsp3) is 0.667. The molecule has 0 spiro atoms. The van der Waals surface area contributed by atoms with E-state index in [0.29, 0.717) is 10.8 Å². The van der Waals surface area contributed by atoms with E-state index in [-0.39, 0.29) is 10.8 Å². The number of nitrogens with one attached hydrogen (secondary N) is 1. The average molecular weight is 296 g/mol. The van der Waals surface area contributed by atoms with Crippen molar-refractivity contribution < 1.29 is 13.5 Å². The Hall–Kier alpha value is -0.150. The monoisotopic (exact) mass is 296 g/mol. The third-order valence-electron chi connectivity index (χ3n) is 1.96. The molecular formula is C9H16N2O3S3. The smallest absolute Gasteiger partial charge is 0.251 e. The largest absolute Gasteiger partial charge is 0.388 e. The summed E-state index contributed by atoms with van der Waals surface area (Å²) in [5.74, 6) is 0.469. The van der Waals surface area contributed by atoms with E-state index in [1.165, 1.54) is 18.0 Å². The molecule has 0 aliphatic carbocycles. The summed E-state index contributed by atoms with van der Waals surface area (Å²) >= 11 is 2.57. The average Bonchev–Trinajstić information content (AvgIpc) is 2.63. The highest BCUT2D eigenvalue weighted by atomic mass is 32.2. The lowest BCUT2D eigenvalue weighted by Gasteiger charge is -2.22. The Morgan fingerprint density at radius 1 is 1.65 bits per heavy atom. The van der Waals surface area contributed by atoms with Gasteiger partial charge in [0.2, 0.25) is 0 Å². The molecule has 1 aromatic rings. The molecule has 0 fully saturated rings. The van der Waals surface area contributed by atoms with Crippen molar-refractivity contribution in [2.75, 3.05) is 18.6 Å².